The molecule has 2 aromatic carbocycles. The largest absolute Gasteiger partial charge is 0.457 e. The first-order valence-electron chi connectivity index (χ1n) is 12.3. The number of ether oxygens (including phenoxy) is 2. The van der Waals surface area contributed by atoms with Crippen LogP contribution in [-0.4, -0.2) is 65.0 Å². The van der Waals surface area contributed by atoms with Crippen molar-refractivity contribution in [1.29, 1.82) is 0 Å². The fourth-order valence-corrected chi connectivity index (χ4v) is 7.83. The monoisotopic (exact) mass is 586 g/mol. The van der Waals surface area contributed by atoms with Crippen LogP contribution in [0.5, 0.6) is 11.5 Å². The van der Waals surface area contributed by atoms with Gasteiger partial charge in [0.05, 0.1) is 18.4 Å². The van der Waals surface area contributed by atoms with E-state index in [-0.39, 0.29) is 19.5 Å². The van der Waals surface area contributed by atoms with E-state index < -0.39 is 49.0 Å². The second-order valence-electron chi connectivity index (χ2n) is 9.42. The van der Waals surface area contributed by atoms with E-state index in [1.165, 1.54) is 0 Å². The number of sulfone groups is 1. The third-order valence-corrected chi connectivity index (χ3v) is 10.8. The molecule has 2 saturated heterocycles. The number of amides is 1. The number of hydrogen-bond acceptors (Lipinski definition) is 8. The summed E-state index contributed by atoms with van der Waals surface area (Å²) in [4.78, 5) is 18.4. The predicted octanol–water partition coefficient (Wildman–Crippen LogP) is 3.37. The Labute approximate surface area is 228 Å². The molecular weight excluding hydrogens is 556 g/mol. The Hall–Kier alpha value is -2.22. The lowest BCUT2D eigenvalue weighted by Gasteiger charge is -2.32. The minimum atomic E-state index is -3.99. The maximum Gasteiger partial charge on any atom is 0.245 e. The number of halogens is 1. The van der Waals surface area contributed by atoms with E-state index in [1.807, 2.05) is 0 Å². The van der Waals surface area contributed by atoms with E-state index in [0.29, 0.717) is 35.1 Å². The molecule has 2 aliphatic heterocycles. The third-order valence-electron chi connectivity index (χ3n) is 6.76. The predicted molar refractivity (Wildman–Crippen MR) is 142 cm³/mol. The molecule has 2 aromatic rings. The SMILES string of the molecule is CS(=O)(=O)N1CCC(CC(=O)NOC2CCCCO2)(c2ccc(Oc3ccc(Cl)cc3)cc2)S(=O)(=O)CC1. The van der Waals surface area contributed by atoms with Crippen molar-refractivity contribution in [3.8, 4) is 11.5 Å². The number of sulfonamides is 1. The lowest BCUT2D eigenvalue weighted by molar-refractivity contribution is -0.200. The van der Waals surface area contributed by atoms with Crippen molar-refractivity contribution in [3.63, 3.8) is 0 Å². The van der Waals surface area contributed by atoms with Gasteiger partial charge in [0.25, 0.3) is 0 Å². The standard InChI is InChI=1S/C25H31ClN2O8S2/c1-37(30,31)28-14-13-25(38(32,33)17-15-28,18-23(29)27-36-24-4-2-3-16-34-24)19-5-9-21(10-6-19)35-22-11-7-20(26)8-12-22/h5-12,24H,2-4,13-18H2,1H3,(H,27,29). The zero-order valence-electron chi connectivity index (χ0n) is 21.0. The van der Waals surface area contributed by atoms with Crippen molar-refractivity contribution in [1.82, 2.24) is 9.79 Å². The first-order chi connectivity index (χ1) is 18.0. The average molecular weight is 587 g/mol. The zero-order valence-corrected chi connectivity index (χ0v) is 23.4. The van der Waals surface area contributed by atoms with E-state index in [0.717, 1.165) is 23.4 Å². The highest BCUT2D eigenvalue weighted by molar-refractivity contribution is 7.92. The van der Waals surface area contributed by atoms with E-state index in [1.54, 1.807) is 48.5 Å². The molecule has 13 heteroatoms. The summed E-state index contributed by atoms with van der Waals surface area (Å²) >= 11 is 5.92. The molecule has 2 aliphatic rings. The van der Waals surface area contributed by atoms with Crippen LogP contribution in [0.3, 0.4) is 0 Å². The van der Waals surface area contributed by atoms with Gasteiger partial charge in [0.2, 0.25) is 15.9 Å². The summed E-state index contributed by atoms with van der Waals surface area (Å²) in [5, 5.41) is 0.564. The van der Waals surface area contributed by atoms with Crippen molar-refractivity contribution >= 4 is 37.4 Å². The summed E-state index contributed by atoms with van der Waals surface area (Å²) in [6.45, 7) is 0.278. The van der Waals surface area contributed by atoms with Gasteiger partial charge >= 0.3 is 0 Å². The third kappa shape index (κ3) is 6.85. The van der Waals surface area contributed by atoms with Gasteiger partial charge in [-0.2, -0.15) is 0 Å². The Morgan fingerprint density at radius 1 is 1.11 bits per heavy atom. The lowest BCUT2D eigenvalue weighted by Crippen LogP contribution is -2.43. The highest BCUT2D eigenvalue weighted by atomic mass is 35.5. The molecule has 2 atom stereocenters. The minimum absolute atomic E-state index is 0.0546. The number of nitrogens with one attached hydrogen (secondary N) is 1. The first kappa shape index (κ1) is 28.8. The van der Waals surface area contributed by atoms with Gasteiger partial charge in [0.15, 0.2) is 16.1 Å². The molecular formula is C25H31ClN2O8S2. The molecule has 2 unspecified atom stereocenters. The molecule has 1 N–H and O–H groups in total. The number of hydrogen-bond donors (Lipinski definition) is 1. The van der Waals surface area contributed by atoms with Crippen molar-refractivity contribution < 1.29 is 35.9 Å². The fourth-order valence-electron chi connectivity index (χ4n) is 4.64. The molecule has 2 fully saturated rings. The van der Waals surface area contributed by atoms with E-state index in [2.05, 4.69) is 5.48 Å². The van der Waals surface area contributed by atoms with Crippen LogP contribution < -0.4 is 10.2 Å². The molecule has 2 heterocycles. The van der Waals surface area contributed by atoms with Crippen LogP contribution in [-0.2, 0) is 39.0 Å². The first-order valence-corrected chi connectivity index (χ1v) is 16.1. The normalized spacial score (nSPS) is 24.3. The van der Waals surface area contributed by atoms with Crippen LogP contribution >= 0.6 is 11.6 Å². The Morgan fingerprint density at radius 2 is 1.76 bits per heavy atom. The summed E-state index contributed by atoms with van der Waals surface area (Å²) in [6, 6.07) is 13.2. The number of carbonyl (C=O) groups is 1. The maximum atomic E-state index is 13.7. The van der Waals surface area contributed by atoms with Crippen LogP contribution in [0, 0.1) is 0 Å². The van der Waals surface area contributed by atoms with Crippen LogP contribution in [0.2, 0.25) is 5.02 Å². The molecule has 10 nitrogen and oxygen atoms in total. The van der Waals surface area contributed by atoms with Gasteiger partial charge in [-0.25, -0.2) is 31.5 Å². The Bertz CT molecular complexity index is 1330. The highest BCUT2D eigenvalue weighted by Crippen LogP contribution is 2.41. The van der Waals surface area contributed by atoms with Gasteiger partial charge < -0.3 is 9.47 Å². The summed E-state index contributed by atoms with van der Waals surface area (Å²) in [6.07, 6.45) is 2.31. The van der Waals surface area contributed by atoms with Gasteiger partial charge in [-0.15, -0.1) is 0 Å². The number of rotatable bonds is 8. The number of nitrogens with zero attached hydrogens (tertiary/aromatic N) is 1. The summed E-state index contributed by atoms with van der Waals surface area (Å²) in [7, 11) is -7.62. The van der Waals surface area contributed by atoms with Gasteiger partial charge in [-0.1, -0.05) is 23.7 Å². The highest BCUT2D eigenvalue weighted by Gasteiger charge is 2.49. The minimum Gasteiger partial charge on any atom is -0.457 e. The van der Waals surface area contributed by atoms with Crippen LogP contribution in [0.25, 0.3) is 0 Å². The van der Waals surface area contributed by atoms with Crippen LogP contribution in [0.1, 0.15) is 37.7 Å². The molecule has 0 radical (unpaired) electrons. The fraction of sp³-hybridized carbons (Fsp3) is 0.480. The molecule has 4 rings (SSSR count). The van der Waals surface area contributed by atoms with Crippen molar-refractivity contribution in [3.05, 3.63) is 59.1 Å². The summed E-state index contributed by atoms with van der Waals surface area (Å²) < 4.78 is 62.7. The molecule has 208 valence electrons. The van der Waals surface area contributed by atoms with Gasteiger partial charge in [-0.05, 0) is 61.2 Å². The zero-order chi connectivity index (χ0) is 27.4. The molecule has 1 amide bonds. The summed E-state index contributed by atoms with van der Waals surface area (Å²) in [5.74, 6) is -0.0679. The topological polar surface area (TPSA) is 128 Å². The lowest BCUT2D eigenvalue weighted by atomic mass is 9.90. The molecule has 0 aliphatic carbocycles. The number of benzene rings is 2. The molecule has 0 aromatic heterocycles. The molecule has 0 saturated carbocycles. The number of hydroxylamine groups is 1. The Kier molecular flexibility index (Phi) is 9.00. The van der Waals surface area contributed by atoms with Crippen molar-refractivity contribution in [2.45, 2.75) is 43.1 Å². The van der Waals surface area contributed by atoms with Crippen molar-refractivity contribution in [2.24, 2.45) is 0 Å². The quantitative estimate of drug-likeness (QED) is 0.466. The second kappa shape index (κ2) is 11.9. The van der Waals surface area contributed by atoms with Gasteiger partial charge in [0, 0.05) is 31.1 Å². The van der Waals surface area contributed by atoms with Gasteiger partial charge in [-0.3, -0.25) is 4.79 Å². The maximum absolute atomic E-state index is 13.7. The Morgan fingerprint density at radius 3 is 2.37 bits per heavy atom. The van der Waals surface area contributed by atoms with E-state index in [4.69, 9.17) is 25.9 Å². The van der Waals surface area contributed by atoms with Crippen LogP contribution in [0.15, 0.2) is 48.5 Å². The molecule has 38 heavy (non-hydrogen) atoms. The average Bonchev–Trinajstić information content (AvgIpc) is 3.01. The molecule has 0 bridgehead atoms. The smallest absolute Gasteiger partial charge is 0.245 e. The van der Waals surface area contributed by atoms with Crippen LogP contribution in [0.4, 0.5) is 0 Å². The second-order valence-corrected chi connectivity index (χ2v) is 14.3. The van der Waals surface area contributed by atoms with E-state index >= 15 is 0 Å². The van der Waals surface area contributed by atoms with Gasteiger partial charge in [0.1, 0.15) is 16.2 Å². The number of carbonyl (C=O) groups excluding carboxylic acids is 1. The summed E-state index contributed by atoms with van der Waals surface area (Å²) in [5.41, 5.74) is 2.71. The molecule has 0 spiro atoms. The van der Waals surface area contributed by atoms with Crippen molar-refractivity contribution in [2.75, 3.05) is 31.7 Å². The van der Waals surface area contributed by atoms with E-state index in [9.17, 15) is 21.6 Å². The Balaban J connectivity index is 1.61.